The van der Waals surface area contributed by atoms with Crippen molar-refractivity contribution in [2.24, 2.45) is 11.7 Å². The van der Waals surface area contributed by atoms with Crippen LogP contribution in [0.15, 0.2) is 6.07 Å². The van der Waals surface area contributed by atoms with Gasteiger partial charge in [-0.15, -0.1) is 0 Å². The largest absolute Gasteiger partial charge is 0.435 e. The van der Waals surface area contributed by atoms with Crippen LogP contribution in [-0.4, -0.2) is 39.6 Å². The maximum atomic E-state index is 12.9. The molecule has 0 radical (unpaired) electrons. The molecule has 0 aromatic carbocycles. The van der Waals surface area contributed by atoms with E-state index in [4.69, 9.17) is 5.73 Å². The summed E-state index contributed by atoms with van der Waals surface area (Å²) in [7, 11) is 1.53. The van der Waals surface area contributed by atoms with Gasteiger partial charge in [-0.3, -0.25) is 14.3 Å². The summed E-state index contributed by atoms with van der Waals surface area (Å²) in [5.74, 6) is -1.19. The second-order valence-electron chi connectivity index (χ2n) is 6.23. The van der Waals surface area contributed by atoms with E-state index in [1.807, 2.05) is 0 Å². The van der Waals surface area contributed by atoms with Crippen molar-refractivity contribution in [2.75, 3.05) is 7.05 Å². The molecule has 2 N–H and O–H groups in total. The number of amides is 2. The Morgan fingerprint density at radius 2 is 1.96 bits per heavy atom. The molecule has 2 aliphatic rings. The number of halogens is 3. The number of aromatic nitrogens is 2. The van der Waals surface area contributed by atoms with Crippen molar-refractivity contribution >= 4 is 11.8 Å². The number of carbonyl (C=O) groups is 2. The third-order valence-electron chi connectivity index (χ3n) is 4.52. The zero-order valence-corrected chi connectivity index (χ0v) is 12.5. The lowest BCUT2D eigenvalue weighted by atomic mass is 9.79. The lowest BCUT2D eigenvalue weighted by Gasteiger charge is -2.39. The van der Waals surface area contributed by atoms with Crippen molar-refractivity contribution in [2.45, 2.75) is 43.9 Å². The fraction of sp³-hybridized carbons (Fsp3) is 0.643. The van der Waals surface area contributed by atoms with E-state index >= 15 is 0 Å². The van der Waals surface area contributed by atoms with Gasteiger partial charge in [0.2, 0.25) is 5.91 Å². The summed E-state index contributed by atoms with van der Waals surface area (Å²) in [6.07, 6.45) is -2.25. The Labute approximate surface area is 130 Å². The van der Waals surface area contributed by atoms with Crippen molar-refractivity contribution in [3.05, 3.63) is 17.5 Å². The SMILES string of the molecule is CN(C(=O)c1cc(C(F)(F)F)nn1C1CC1)C1CC(C(N)=O)C1. The van der Waals surface area contributed by atoms with Gasteiger partial charge in [-0.1, -0.05) is 0 Å². The first-order chi connectivity index (χ1) is 10.7. The highest BCUT2D eigenvalue weighted by molar-refractivity contribution is 5.93. The Morgan fingerprint density at radius 3 is 2.43 bits per heavy atom. The molecule has 3 rings (SSSR count). The van der Waals surface area contributed by atoms with E-state index in [2.05, 4.69) is 5.10 Å². The Bertz CT molecular complexity index is 645. The highest BCUT2D eigenvalue weighted by Crippen LogP contribution is 2.39. The van der Waals surface area contributed by atoms with Gasteiger partial charge in [0.1, 0.15) is 5.69 Å². The van der Waals surface area contributed by atoms with Crippen LogP contribution in [0, 0.1) is 5.92 Å². The summed E-state index contributed by atoms with van der Waals surface area (Å²) >= 11 is 0. The van der Waals surface area contributed by atoms with E-state index in [0.29, 0.717) is 12.8 Å². The van der Waals surface area contributed by atoms with E-state index in [-0.39, 0.29) is 23.7 Å². The zero-order valence-electron chi connectivity index (χ0n) is 12.5. The normalized spacial score (nSPS) is 24.2. The summed E-state index contributed by atoms with van der Waals surface area (Å²) in [5, 5.41) is 3.56. The van der Waals surface area contributed by atoms with Gasteiger partial charge < -0.3 is 10.6 Å². The molecule has 6 nitrogen and oxygen atoms in total. The number of hydrogen-bond donors (Lipinski definition) is 1. The molecule has 0 spiro atoms. The van der Waals surface area contributed by atoms with Gasteiger partial charge in [-0.2, -0.15) is 18.3 Å². The molecular weight excluding hydrogens is 313 g/mol. The molecule has 126 valence electrons. The number of rotatable bonds is 4. The van der Waals surface area contributed by atoms with Gasteiger partial charge >= 0.3 is 6.18 Å². The smallest absolute Gasteiger partial charge is 0.369 e. The summed E-state index contributed by atoms with van der Waals surface area (Å²) in [4.78, 5) is 24.9. The van der Waals surface area contributed by atoms with Crippen LogP contribution in [0.25, 0.3) is 0 Å². The monoisotopic (exact) mass is 330 g/mol. The van der Waals surface area contributed by atoms with Gasteiger partial charge in [-0.05, 0) is 25.7 Å². The minimum absolute atomic E-state index is 0.0511. The maximum absolute atomic E-state index is 12.9. The lowest BCUT2D eigenvalue weighted by molar-refractivity contribution is -0.141. The second kappa shape index (κ2) is 5.24. The molecule has 1 heterocycles. The minimum Gasteiger partial charge on any atom is -0.369 e. The van der Waals surface area contributed by atoms with Crippen molar-refractivity contribution in [3.8, 4) is 0 Å². The van der Waals surface area contributed by atoms with Crippen molar-refractivity contribution in [1.29, 1.82) is 0 Å². The Morgan fingerprint density at radius 1 is 1.35 bits per heavy atom. The average Bonchev–Trinajstić information content (AvgIpc) is 3.12. The van der Waals surface area contributed by atoms with Crippen LogP contribution in [0.4, 0.5) is 13.2 Å². The number of nitrogens with zero attached hydrogens (tertiary/aromatic N) is 3. The Balaban J connectivity index is 1.79. The molecule has 0 unspecified atom stereocenters. The van der Waals surface area contributed by atoms with E-state index in [0.717, 1.165) is 18.9 Å². The van der Waals surface area contributed by atoms with Crippen LogP contribution < -0.4 is 5.73 Å². The fourth-order valence-corrected chi connectivity index (χ4v) is 2.77. The van der Waals surface area contributed by atoms with Crippen molar-refractivity contribution < 1.29 is 22.8 Å². The quantitative estimate of drug-likeness (QED) is 0.910. The molecule has 1 aromatic rings. The van der Waals surface area contributed by atoms with Gasteiger partial charge in [0.05, 0.1) is 6.04 Å². The van der Waals surface area contributed by atoms with Gasteiger partial charge in [0.15, 0.2) is 5.69 Å². The van der Waals surface area contributed by atoms with Crippen LogP contribution in [0.3, 0.4) is 0 Å². The molecule has 2 saturated carbocycles. The maximum Gasteiger partial charge on any atom is 0.435 e. The number of hydrogen-bond acceptors (Lipinski definition) is 3. The van der Waals surface area contributed by atoms with E-state index < -0.39 is 23.7 Å². The number of primary amides is 1. The van der Waals surface area contributed by atoms with Crippen molar-refractivity contribution in [3.63, 3.8) is 0 Å². The molecular formula is C14H17F3N4O2. The number of carbonyl (C=O) groups excluding carboxylic acids is 2. The Kier molecular flexibility index (Phi) is 3.61. The van der Waals surface area contributed by atoms with Gasteiger partial charge in [-0.25, -0.2) is 0 Å². The standard InChI is InChI=1S/C14H17F3N4O2/c1-20(9-4-7(5-9)12(18)22)13(23)10-6-11(14(15,16)17)19-21(10)8-2-3-8/h6-9H,2-5H2,1H3,(H2,18,22). The Hall–Kier alpha value is -2.06. The van der Waals surface area contributed by atoms with Gasteiger partial charge in [0.25, 0.3) is 5.91 Å². The molecule has 0 saturated heterocycles. The van der Waals surface area contributed by atoms with Crippen molar-refractivity contribution in [1.82, 2.24) is 14.7 Å². The zero-order chi connectivity index (χ0) is 16.9. The fourth-order valence-electron chi connectivity index (χ4n) is 2.77. The topological polar surface area (TPSA) is 81.2 Å². The van der Waals surface area contributed by atoms with E-state index in [1.54, 1.807) is 0 Å². The molecule has 2 aliphatic carbocycles. The van der Waals surface area contributed by atoms with E-state index in [9.17, 15) is 22.8 Å². The predicted molar refractivity (Wildman–Crippen MR) is 73.3 cm³/mol. The minimum atomic E-state index is -4.58. The molecule has 2 amide bonds. The van der Waals surface area contributed by atoms with Crippen LogP contribution in [0.5, 0.6) is 0 Å². The first-order valence-corrected chi connectivity index (χ1v) is 7.41. The highest BCUT2D eigenvalue weighted by Gasteiger charge is 2.42. The molecule has 9 heteroatoms. The second-order valence-corrected chi connectivity index (χ2v) is 6.23. The summed E-state index contributed by atoms with van der Waals surface area (Å²) in [6, 6.07) is 0.483. The van der Waals surface area contributed by atoms with Crippen LogP contribution in [0.1, 0.15) is 47.9 Å². The first kappa shape index (κ1) is 15.8. The molecule has 0 aliphatic heterocycles. The van der Waals surface area contributed by atoms with Crippen LogP contribution >= 0.6 is 0 Å². The van der Waals surface area contributed by atoms with Crippen LogP contribution in [0.2, 0.25) is 0 Å². The molecule has 1 aromatic heterocycles. The third kappa shape index (κ3) is 2.91. The third-order valence-corrected chi connectivity index (χ3v) is 4.52. The number of alkyl halides is 3. The molecule has 2 fully saturated rings. The molecule has 0 bridgehead atoms. The van der Waals surface area contributed by atoms with E-state index in [1.165, 1.54) is 16.6 Å². The van der Waals surface area contributed by atoms with Gasteiger partial charge in [0, 0.05) is 25.1 Å². The average molecular weight is 330 g/mol. The molecule has 0 atom stereocenters. The van der Waals surface area contributed by atoms with Crippen LogP contribution in [-0.2, 0) is 11.0 Å². The molecule has 23 heavy (non-hydrogen) atoms. The summed E-state index contributed by atoms with van der Waals surface area (Å²) < 4.78 is 39.7. The summed E-state index contributed by atoms with van der Waals surface area (Å²) in [5.41, 5.74) is 4.09. The number of nitrogens with two attached hydrogens (primary N) is 1. The first-order valence-electron chi connectivity index (χ1n) is 7.41. The predicted octanol–water partition coefficient (Wildman–Crippen LogP) is 1.57. The lowest BCUT2D eigenvalue weighted by Crippen LogP contribution is -2.49. The highest BCUT2D eigenvalue weighted by atomic mass is 19.4. The summed E-state index contributed by atoms with van der Waals surface area (Å²) in [6.45, 7) is 0.